The average molecular weight is 243 g/mol. The van der Waals surface area contributed by atoms with Gasteiger partial charge in [-0.25, -0.2) is 0 Å². The second-order valence-corrected chi connectivity index (χ2v) is 4.43. The lowest BCUT2D eigenvalue weighted by atomic mass is 9.94. The highest BCUT2D eigenvalue weighted by molar-refractivity contribution is 5.49. The second kappa shape index (κ2) is 7.95. The van der Waals surface area contributed by atoms with E-state index in [0.717, 1.165) is 32.4 Å². The van der Waals surface area contributed by atoms with Crippen LogP contribution in [0.25, 0.3) is 0 Å². The Bertz CT molecular complexity index is 410. The van der Waals surface area contributed by atoms with Gasteiger partial charge in [0.25, 0.3) is 0 Å². The molecule has 0 heterocycles. The zero-order valence-corrected chi connectivity index (χ0v) is 12.2. The van der Waals surface area contributed by atoms with Crippen molar-refractivity contribution in [1.29, 1.82) is 0 Å². The van der Waals surface area contributed by atoms with E-state index in [-0.39, 0.29) is 0 Å². The van der Waals surface area contributed by atoms with Crippen molar-refractivity contribution in [2.75, 3.05) is 13.1 Å². The lowest BCUT2D eigenvalue weighted by Crippen LogP contribution is -2.12. The number of aryl methyl sites for hydroxylation is 3. The SMILES string of the molecule is CCNCC#Cc1c(CC)cc(CC)cc1CC. The van der Waals surface area contributed by atoms with E-state index >= 15 is 0 Å². The fraction of sp³-hybridized carbons (Fsp3) is 0.529. The van der Waals surface area contributed by atoms with E-state index in [9.17, 15) is 0 Å². The number of hydrogen-bond donors (Lipinski definition) is 1. The summed E-state index contributed by atoms with van der Waals surface area (Å²) in [6, 6.07) is 4.63. The molecule has 0 spiro atoms. The van der Waals surface area contributed by atoms with E-state index < -0.39 is 0 Å². The van der Waals surface area contributed by atoms with Crippen molar-refractivity contribution >= 4 is 0 Å². The molecule has 0 aliphatic rings. The summed E-state index contributed by atoms with van der Waals surface area (Å²) in [6.45, 7) is 10.5. The monoisotopic (exact) mass is 243 g/mol. The van der Waals surface area contributed by atoms with E-state index in [4.69, 9.17) is 0 Å². The first-order valence-electron chi connectivity index (χ1n) is 7.10. The average Bonchev–Trinajstić information content (AvgIpc) is 2.42. The van der Waals surface area contributed by atoms with Crippen LogP contribution in [0.15, 0.2) is 12.1 Å². The normalized spacial score (nSPS) is 10.0. The summed E-state index contributed by atoms with van der Waals surface area (Å²) in [5, 5.41) is 3.24. The largest absolute Gasteiger partial charge is 0.306 e. The minimum atomic E-state index is 0.776. The number of nitrogens with one attached hydrogen (secondary N) is 1. The predicted octanol–water partition coefficient (Wildman–Crippen LogP) is 3.33. The lowest BCUT2D eigenvalue weighted by molar-refractivity contribution is 0.811. The van der Waals surface area contributed by atoms with Crippen LogP contribution in [0.3, 0.4) is 0 Å². The fourth-order valence-corrected chi connectivity index (χ4v) is 2.08. The Hall–Kier alpha value is -1.26. The molecule has 0 fully saturated rings. The van der Waals surface area contributed by atoms with Crippen molar-refractivity contribution in [2.24, 2.45) is 0 Å². The van der Waals surface area contributed by atoms with Gasteiger partial charge in [0.15, 0.2) is 0 Å². The van der Waals surface area contributed by atoms with Crippen LogP contribution >= 0.6 is 0 Å². The van der Waals surface area contributed by atoms with Gasteiger partial charge in [-0.15, -0.1) is 0 Å². The van der Waals surface area contributed by atoms with Crippen LogP contribution in [-0.4, -0.2) is 13.1 Å². The molecule has 0 aromatic heterocycles. The number of rotatable bonds is 5. The maximum atomic E-state index is 3.36. The molecule has 18 heavy (non-hydrogen) atoms. The van der Waals surface area contributed by atoms with E-state index in [1.807, 2.05) is 0 Å². The molecule has 0 aliphatic carbocycles. The molecule has 1 aromatic carbocycles. The highest BCUT2D eigenvalue weighted by Crippen LogP contribution is 2.19. The zero-order chi connectivity index (χ0) is 13.4. The van der Waals surface area contributed by atoms with Gasteiger partial charge in [-0.3, -0.25) is 0 Å². The third-order valence-corrected chi connectivity index (χ3v) is 3.21. The molecule has 1 rings (SSSR count). The van der Waals surface area contributed by atoms with E-state index in [0.29, 0.717) is 0 Å². The highest BCUT2D eigenvalue weighted by atomic mass is 14.8. The molecule has 0 atom stereocenters. The Labute approximate surface area is 112 Å². The minimum absolute atomic E-state index is 0.776. The molecule has 0 saturated heterocycles. The van der Waals surface area contributed by atoms with Crippen LogP contribution in [0.4, 0.5) is 0 Å². The third-order valence-electron chi connectivity index (χ3n) is 3.21. The number of benzene rings is 1. The predicted molar refractivity (Wildman–Crippen MR) is 80.0 cm³/mol. The van der Waals surface area contributed by atoms with Crippen molar-refractivity contribution in [3.05, 3.63) is 34.4 Å². The van der Waals surface area contributed by atoms with Gasteiger partial charge in [0.05, 0.1) is 6.54 Å². The second-order valence-electron chi connectivity index (χ2n) is 4.43. The Morgan fingerprint density at radius 2 is 1.56 bits per heavy atom. The van der Waals surface area contributed by atoms with Gasteiger partial charge in [-0.1, -0.05) is 51.7 Å². The molecule has 0 amide bonds. The van der Waals surface area contributed by atoms with Crippen LogP contribution < -0.4 is 5.32 Å². The molecule has 1 heteroatoms. The molecule has 0 unspecified atom stereocenters. The summed E-state index contributed by atoms with van der Waals surface area (Å²) in [6.07, 6.45) is 3.23. The van der Waals surface area contributed by atoms with Gasteiger partial charge >= 0.3 is 0 Å². The van der Waals surface area contributed by atoms with Crippen molar-refractivity contribution in [1.82, 2.24) is 5.32 Å². The summed E-state index contributed by atoms with van der Waals surface area (Å²) in [5.41, 5.74) is 5.49. The van der Waals surface area contributed by atoms with Gasteiger partial charge in [0.2, 0.25) is 0 Å². The van der Waals surface area contributed by atoms with Gasteiger partial charge in [-0.05, 0) is 42.5 Å². The van der Waals surface area contributed by atoms with Crippen LogP contribution in [0.2, 0.25) is 0 Å². The molecular formula is C17H25N. The smallest absolute Gasteiger partial charge is 0.0580 e. The highest BCUT2D eigenvalue weighted by Gasteiger charge is 2.06. The van der Waals surface area contributed by atoms with E-state index in [1.54, 1.807) is 0 Å². The van der Waals surface area contributed by atoms with E-state index in [1.165, 1.54) is 22.3 Å². The molecule has 0 saturated carbocycles. The van der Waals surface area contributed by atoms with Crippen LogP contribution in [0, 0.1) is 11.8 Å². The van der Waals surface area contributed by atoms with Crippen molar-refractivity contribution < 1.29 is 0 Å². The Balaban J connectivity index is 3.09. The van der Waals surface area contributed by atoms with Gasteiger partial charge in [0, 0.05) is 5.56 Å². The minimum Gasteiger partial charge on any atom is -0.306 e. The molecular weight excluding hydrogens is 218 g/mol. The first kappa shape index (κ1) is 14.8. The zero-order valence-electron chi connectivity index (χ0n) is 12.2. The summed E-state index contributed by atoms with van der Waals surface area (Å²) in [7, 11) is 0. The van der Waals surface area contributed by atoms with Gasteiger partial charge in [0.1, 0.15) is 0 Å². The summed E-state index contributed by atoms with van der Waals surface area (Å²) in [4.78, 5) is 0. The fourth-order valence-electron chi connectivity index (χ4n) is 2.08. The number of hydrogen-bond acceptors (Lipinski definition) is 1. The first-order chi connectivity index (χ1) is 8.76. The maximum absolute atomic E-state index is 3.36. The van der Waals surface area contributed by atoms with Gasteiger partial charge < -0.3 is 5.32 Å². The van der Waals surface area contributed by atoms with Crippen molar-refractivity contribution in [3.63, 3.8) is 0 Å². The molecule has 0 aliphatic heterocycles. The van der Waals surface area contributed by atoms with Crippen molar-refractivity contribution in [2.45, 2.75) is 47.0 Å². The Morgan fingerprint density at radius 3 is 2.00 bits per heavy atom. The summed E-state index contributed by atoms with van der Waals surface area (Å²) in [5.74, 6) is 6.59. The Morgan fingerprint density at radius 1 is 0.944 bits per heavy atom. The molecule has 0 bridgehead atoms. The quantitative estimate of drug-likeness (QED) is 0.618. The van der Waals surface area contributed by atoms with E-state index in [2.05, 4.69) is 57.0 Å². The van der Waals surface area contributed by atoms with Crippen LogP contribution in [-0.2, 0) is 19.3 Å². The lowest BCUT2D eigenvalue weighted by Gasteiger charge is -2.10. The molecule has 1 aromatic rings. The maximum Gasteiger partial charge on any atom is 0.0580 e. The van der Waals surface area contributed by atoms with Crippen LogP contribution in [0.1, 0.15) is 49.9 Å². The first-order valence-corrected chi connectivity index (χ1v) is 7.10. The third kappa shape index (κ3) is 3.89. The molecule has 0 radical (unpaired) electrons. The topological polar surface area (TPSA) is 12.0 Å². The summed E-state index contributed by atoms with van der Waals surface area (Å²) >= 11 is 0. The van der Waals surface area contributed by atoms with Crippen LogP contribution in [0.5, 0.6) is 0 Å². The molecule has 1 N–H and O–H groups in total. The Kier molecular flexibility index (Phi) is 6.54. The molecule has 1 nitrogen and oxygen atoms in total. The van der Waals surface area contributed by atoms with Gasteiger partial charge in [-0.2, -0.15) is 0 Å². The molecule has 98 valence electrons. The standard InChI is InChI=1S/C17H25N/c1-5-14-12-15(6-2)17(16(7-3)13-14)10-9-11-18-8-4/h12-13,18H,5-8,11H2,1-4H3. The van der Waals surface area contributed by atoms with Crippen molar-refractivity contribution in [3.8, 4) is 11.8 Å². The summed E-state index contributed by atoms with van der Waals surface area (Å²) < 4.78 is 0.